The van der Waals surface area contributed by atoms with E-state index in [9.17, 15) is 18.4 Å². The minimum atomic E-state index is -2.65. The molecule has 196 valence electrons. The molecule has 2 saturated carbocycles. The van der Waals surface area contributed by atoms with Gasteiger partial charge in [0.1, 0.15) is 29.4 Å². The van der Waals surface area contributed by atoms with Crippen LogP contribution in [-0.4, -0.2) is 45.7 Å². The number of ether oxygens (including phenoxy) is 2. The van der Waals surface area contributed by atoms with E-state index in [2.05, 4.69) is 20.3 Å². The second-order valence-electron chi connectivity index (χ2n) is 9.77. The highest BCUT2D eigenvalue weighted by atomic mass is 19.3. The minimum Gasteiger partial charge on any atom is -0.493 e. The molecule has 0 bridgehead atoms. The van der Waals surface area contributed by atoms with Crippen molar-refractivity contribution in [2.24, 2.45) is 11.7 Å². The zero-order valence-electron chi connectivity index (χ0n) is 20.4. The number of nitrogens with zero attached hydrogens (tertiary/aromatic N) is 2. The van der Waals surface area contributed by atoms with Crippen molar-refractivity contribution in [1.29, 1.82) is 0 Å². The molecule has 0 saturated heterocycles. The van der Waals surface area contributed by atoms with Crippen LogP contribution in [0, 0.1) is 12.8 Å². The topological polar surface area (TPSA) is 132 Å². The summed E-state index contributed by atoms with van der Waals surface area (Å²) in [7, 11) is 0. The molecule has 9 nitrogen and oxygen atoms in total. The Bertz CT molecular complexity index is 1320. The molecule has 0 atom stereocenters. The van der Waals surface area contributed by atoms with Gasteiger partial charge in [0, 0.05) is 22.9 Å². The van der Waals surface area contributed by atoms with E-state index in [1.165, 1.54) is 18.5 Å². The number of amides is 2. The van der Waals surface area contributed by atoms with Crippen LogP contribution in [-0.2, 0) is 4.74 Å². The third kappa shape index (κ3) is 5.50. The Kier molecular flexibility index (Phi) is 6.94. The summed E-state index contributed by atoms with van der Waals surface area (Å²) in [5, 5.41) is 3.05. The number of aryl methyl sites for hydroxylation is 1. The van der Waals surface area contributed by atoms with Gasteiger partial charge in [-0.3, -0.25) is 4.79 Å². The number of halogens is 2. The van der Waals surface area contributed by atoms with E-state index in [0.717, 1.165) is 12.8 Å². The van der Waals surface area contributed by atoms with E-state index in [1.807, 2.05) is 0 Å². The van der Waals surface area contributed by atoms with Crippen molar-refractivity contribution >= 4 is 23.0 Å². The monoisotopic (exact) mass is 513 g/mol. The third-order valence-corrected chi connectivity index (χ3v) is 6.97. The number of primary amides is 1. The number of aromatic amines is 1. The number of nitrogens with one attached hydrogen (secondary N) is 2. The maximum Gasteiger partial charge on any atom is 0.404 e. The molecule has 3 aromatic rings. The fourth-order valence-corrected chi connectivity index (χ4v) is 4.84. The average Bonchev–Trinajstić information content (AvgIpc) is 3.63. The van der Waals surface area contributed by atoms with Gasteiger partial charge in [-0.05, 0) is 69.6 Å². The van der Waals surface area contributed by atoms with Gasteiger partial charge in [0.2, 0.25) is 0 Å². The van der Waals surface area contributed by atoms with Crippen molar-refractivity contribution in [3.63, 3.8) is 0 Å². The van der Waals surface area contributed by atoms with Gasteiger partial charge < -0.3 is 25.5 Å². The van der Waals surface area contributed by atoms with Gasteiger partial charge in [0.25, 0.3) is 12.3 Å². The van der Waals surface area contributed by atoms with Crippen molar-refractivity contribution in [2.45, 2.75) is 64.0 Å². The predicted octanol–water partition coefficient (Wildman–Crippen LogP) is 4.80. The van der Waals surface area contributed by atoms with E-state index >= 15 is 0 Å². The largest absolute Gasteiger partial charge is 0.493 e. The van der Waals surface area contributed by atoms with E-state index in [4.69, 9.17) is 15.2 Å². The van der Waals surface area contributed by atoms with Gasteiger partial charge >= 0.3 is 6.09 Å². The Balaban J connectivity index is 1.43. The maximum absolute atomic E-state index is 13.6. The smallest absolute Gasteiger partial charge is 0.404 e. The highest BCUT2D eigenvalue weighted by Crippen LogP contribution is 2.38. The van der Waals surface area contributed by atoms with E-state index in [-0.39, 0.29) is 23.6 Å². The first-order valence-electron chi connectivity index (χ1n) is 12.5. The van der Waals surface area contributed by atoms with Gasteiger partial charge in [-0.25, -0.2) is 23.5 Å². The van der Waals surface area contributed by atoms with Crippen LogP contribution in [0.1, 0.15) is 66.6 Å². The molecule has 0 radical (unpaired) electrons. The van der Waals surface area contributed by atoms with Gasteiger partial charge in [-0.1, -0.05) is 0 Å². The van der Waals surface area contributed by atoms with Gasteiger partial charge in [-0.15, -0.1) is 0 Å². The lowest BCUT2D eigenvalue weighted by atomic mass is 9.92. The minimum absolute atomic E-state index is 0.0870. The number of carbonyl (C=O) groups is 2. The number of H-pyrrole nitrogens is 1. The van der Waals surface area contributed by atoms with Crippen LogP contribution >= 0.6 is 0 Å². The lowest BCUT2D eigenvalue weighted by Gasteiger charge is -2.28. The standard InChI is InChI=1S/C26H29F2N5O4/c1-13-20(25(34)33-16-5-7-17(8-6-16)37-26(29)35)22-23(32-13)21(30-12-31-22)18-10-15(24(27)28)4-9-19(18)36-11-14-2-3-14/h4,9-10,12,14,16-17,24,32H,2-3,5-8,11H2,1H3,(H2,29,35)(H,33,34). The molecule has 2 aromatic heterocycles. The first-order chi connectivity index (χ1) is 17.8. The fourth-order valence-electron chi connectivity index (χ4n) is 4.84. The molecule has 37 heavy (non-hydrogen) atoms. The highest BCUT2D eigenvalue weighted by molar-refractivity contribution is 6.09. The summed E-state index contributed by atoms with van der Waals surface area (Å²) in [6.45, 7) is 2.28. The SMILES string of the molecule is Cc1[nH]c2c(-c3cc(C(F)F)ccc3OCC3CC3)ncnc2c1C(=O)NC1CCC(OC(N)=O)CC1. The molecule has 5 rings (SSSR count). The second-order valence-corrected chi connectivity index (χ2v) is 9.77. The zero-order valence-corrected chi connectivity index (χ0v) is 20.4. The summed E-state index contributed by atoms with van der Waals surface area (Å²) in [5.41, 5.74) is 7.62. The van der Waals surface area contributed by atoms with Crippen LogP contribution in [0.15, 0.2) is 24.5 Å². The maximum atomic E-state index is 13.6. The molecule has 2 fully saturated rings. The van der Waals surface area contributed by atoms with Crippen LogP contribution in [0.25, 0.3) is 22.3 Å². The van der Waals surface area contributed by atoms with Crippen LogP contribution in [0.2, 0.25) is 0 Å². The molecule has 0 aliphatic heterocycles. The van der Waals surface area contributed by atoms with Gasteiger partial charge in [0.15, 0.2) is 0 Å². The first-order valence-corrected chi connectivity index (χ1v) is 12.5. The molecular weight excluding hydrogens is 484 g/mol. The number of alkyl halides is 2. The fraction of sp³-hybridized carbons (Fsp3) is 0.462. The van der Waals surface area contributed by atoms with Crippen LogP contribution < -0.4 is 15.8 Å². The summed E-state index contributed by atoms with van der Waals surface area (Å²) in [6.07, 6.45) is 2.34. The van der Waals surface area contributed by atoms with Crippen molar-refractivity contribution in [1.82, 2.24) is 20.3 Å². The normalized spacial score (nSPS) is 19.7. The predicted molar refractivity (Wildman–Crippen MR) is 131 cm³/mol. The van der Waals surface area contributed by atoms with E-state index in [0.29, 0.717) is 77.5 Å². The molecule has 2 aliphatic rings. The number of nitrogens with two attached hydrogens (primary N) is 1. The Morgan fingerprint density at radius 3 is 2.59 bits per heavy atom. The lowest BCUT2D eigenvalue weighted by Crippen LogP contribution is -2.40. The molecule has 2 heterocycles. The molecule has 1 aromatic carbocycles. The van der Waals surface area contributed by atoms with Crippen molar-refractivity contribution < 1.29 is 27.8 Å². The number of benzene rings is 1. The Morgan fingerprint density at radius 1 is 1.16 bits per heavy atom. The highest BCUT2D eigenvalue weighted by Gasteiger charge is 2.28. The number of aromatic nitrogens is 3. The van der Waals surface area contributed by atoms with Crippen molar-refractivity contribution in [2.75, 3.05) is 6.61 Å². The second kappa shape index (κ2) is 10.3. The number of fused-ring (bicyclic) bond motifs is 1. The molecule has 2 aliphatic carbocycles. The van der Waals surface area contributed by atoms with Crippen LogP contribution in [0.4, 0.5) is 13.6 Å². The number of carbonyl (C=O) groups excluding carboxylic acids is 2. The zero-order chi connectivity index (χ0) is 26.1. The summed E-state index contributed by atoms with van der Waals surface area (Å²) >= 11 is 0. The van der Waals surface area contributed by atoms with E-state index < -0.39 is 12.5 Å². The quantitative estimate of drug-likeness (QED) is 0.397. The molecule has 0 spiro atoms. The summed E-state index contributed by atoms with van der Waals surface area (Å²) in [4.78, 5) is 36.2. The summed E-state index contributed by atoms with van der Waals surface area (Å²) < 4.78 is 38.1. The number of hydrogen-bond donors (Lipinski definition) is 3. The van der Waals surface area contributed by atoms with Gasteiger partial charge in [-0.2, -0.15) is 0 Å². The Hall–Kier alpha value is -3.76. The number of hydrogen-bond acceptors (Lipinski definition) is 6. The summed E-state index contributed by atoms with van der Waals surface area (Å²) in [5.74, 6) is 0.650. The molecule has 4 N–H and O–H groups in total. The van der Waals surface area contributed by atoms with E-state index in [1.54, 1.807) is 13.0 Å². The summed E-state index contributed by atoms with van der Waals surface area (Å²) in [6, 6.07) is 4.21. The van der Waals surface area contributed by atoms with Crippen LogP contribution in [0.5, 0.6) is 5.75 Å². The molecule has 0 unspecified atom stereocenters. The third-order valence-electron chi connectivity index (χ3n) is 6.97. The van der Waals surface area contributed by atoms with Crippen molar-refractivity contribution in [3.8, 4) is 17.0 Å². The molecule has 2 amide bonds. The van der Waals surface area contributed by atoms with Crippen LogP contribution in [0.3, 0.4) is 0 Å². The number of rotatable bonds is 8. The molecular formula is C26H29F2N5O4. The first kappa shape index (κ1) is 24.9. The Morgan fingerprint density at radius 2 is 1.92 bits per heavy atom. The van der Waals surface area contributed by atoms with Gasteiger partial charge in [0.05, 0.1) is 17.7 Å². The lowest BCUT2D eigenvalue weighted by molar-refractivity contribution is 0.0711. The Labute approximate surface area is 212 Å². The average molecular weight is 514 g/mol. The molecule has 11 heteroatoms. The van der Waals surface area contributed by atoms with Crippen molar-refractivity contribution in [3.05, 3.63) is 41.3 Å².